The summed E-state index contributed by atoms with van der Waals surface area (Å²) in [5.41, 5.74) is 7.14. The first kappa shape index (κ1) is 14.2. The molecule has 2 atom stereocenters. The molecular weight excluding hydrogens is 264 g/mol. The van der Waals surface area contributed by atoms with E-state index in [1.165, 1.54) is 19.3 Å². The Balaban J connectivity index is 1.87. The predicted octanol–water partition coefficient (Wildman–Crippen LogP) is 3.07. The lowest BCUT2D eigenvalue weighted by atomic mass is 9.85. The predicted molar refractivity (Wildman–Crippen MR) is 83.4 cm³/mol. The van der Waals surface area contributed by atoms with Crippen molar-refractivity contribution < 1.29 is 9.53 Å². The van der Waals surface area contributed by atoms with Crippen LogP contribution in [0.5, 0.6) is 5.75 Å². The lowest BCUT2D eigenvalue weighted by Crippen LogP contribution is -2.39. The average Bonchev–Trinajstić information content (AvgIpc) is 2.93. The molecule has 1 heterocycles. The van der Waals surface area contributed by atoms with Gasteiger partial charge in [-0.25, -0.2) is 0 Å². The van der Waals surface area contributed by atoms with E-state index in [0.29, 0.717) is 35.6 Å². The van der Waals surface area contributed by atoms with Crippen molar-refractivity contribution in [2.24, 2.45) is 5.92 Å². The van der Waals surface area contributed by atoms with E-state index in [0.717, 1.165) is 19.4 Å². The maximum absolute atomic E-state index is 12.9. The molecule has 1 aliphatic heterocycles. The van der Waals surface area contributed by atoms with Crippen molar-refractivity contribution in [3.05, 3.63) is 23.8 Å². The number of hydrogen-bond donors (Lipinski definition) is 1. The molecule has 0 bridgehead atoms. The van der Waals surface area contributed by atoms with Gasteiger partial charge in [0.25, 0.3) is 5.91 Å². The van der Waals surface area contributed by atoms with Crippen LogP contribution in [-0.2, 0) is 0 Å². The lowest BCUT2D eigenvalue weighted by Gasteiger charge is -2.32. The number of rotatable bonds is 3. The Labute approximate surface area is 126 Å². The van der Waals surface area contributed by atoms with Crippen LogP contribution < -0.4 is 10.5 Å². The average molecular weight is 288 g/mol. The highest BCUT2D eigenvalue weighted by molar-refractivity contribution is 5.99. The third kappa shape index (κ3) is 2.59. The van der Waals surface area contributed by atoms with Crippen molar-refractivity contribution in [1.82, 2.24) is 4.90 Å². The Morgan fingerprint density at radius 2 is 2.14 bits per heavy atom. The van der Waals surface area contributed by atoms with Crippen LogP contribution >= 0.6 is 0 Å². The van der Waals surface area contributed by atoms with Crippen LogP contribution in [0.15, 0.2) is 18.2 Å². The molecule has 3 rings (SSSR count). The van der Waals surface area contributed by atoms with Gasteiger partial charge in [0.15, 0.2) is 5.75 Å². The first-order valence-electron chi connectivity index (χ1n) is 8.04. The van der Waals surface area contributed by atoms with Crippen molar-refractivity contribution in [3.63, 3.8) is 0 Å². The molecule has 0 spiro atoms. The summed E-state index contributed by atoms with van der Waals surface area (Å²) in [6.45, 7) is 3.29. The van der Waals surface area contributed by atoms with E-state index in [1.807, 2.05) is 19.1 Å². The summed E-state index contributed by atoms with van der Waals surface area (Å²) in [4.78, 5) is 15.0. The molecule has 1 aromatic rings. The third-order valence-electron chi connectivity index (χ3n) is 4.84. The van der Waals surface area contributed by atoms with Crippen LogP contribution in [0.3, 0.4) is 0 Å². The van der Waals surface area contributed by atoms with Crippen LogP contribution in [0, 0.1) is 5.92 Å². The molecule has 1 aromatic carbocycles. The molecule has 1 saturated heterocycles. The highest BCUT2D eigenvalue weighted by Gasteiger charge is 2.39. The minimum Gasteiger partial charge on any atom is -0.491 e. The molecule has 1 amide bonds. The van der Waals surface area contributed by atoms with Crippen molar-refractivity contribution in [2.75, 3.05) is 18.9 Å². The second-order valence-corrected chi connectivity index (χ2v) is 6.06. The van der Waals surface area contributed by atoms with Crippen LogP contribution in [0.25, 0.3) is 0 Å². The summed E-state index contributed by atoms with van der Waals surface area (Å²) >= 11 is 0. The molecular formula is C17H24N2O2. The zero-order chi connectivity index (χ0) is 14.8. The summed E-state index contributed by atoms with van der Waals surface area (Å²) in [5, 5.41) is 0. The summed E-state index contributed by atoms with van der Waals surface area (Å²) in [6, 6.07) is 5.87. The largest absolute Gasteiger partial charge is 0.491 e. The molecule has 114 valence electrons. The van der Waals surface area contributed by atoms with E-state index in [1.54, 1.807) is 6.07 Å². The maximum atomic E-state index is 12.9. The number of para-hydroxylation sites is 1. The molecule has 0 radical (unpaired) electrons. The van der Waals surface area contributed by atoms with Gasteiger partial charge in [0.2, 0.25) is 0 Å². The number of carbonyl (C=O) groups excluding carboxylic acids is 1. The zero-order valence-electron chi connectivity index (χ0n) is 12.7. The number of nitrogens with two attached hydrogens (primary N) is 1. The zero-order valence-corrected chi connectivity index (χ0v) is 12.7. The number of benzene rings is 1. The highest BCUT2D eigenvalue weighted by Crippen LogP contribution is 2.38. The molecule has 2 fully saturated rings. The maximum Gasteiger partial charge on any atom is 0.257 e. The highest BCUT2D eigenvalue weighted by atomic mass is 16.5. The Hall–Kier alpha value is -1.71. The SMILES string of the molecule is CCOc1c(N)cccc1C(=O)N1CCC2CCCCC21. The van der Waals surface area contributed by atoms with Gasteiger partial charge in [-0.3, -0.25) is 4.79 Å². The topological polar surface area (TPSA) is 55.6 Å². The standard InChI is InChI=1S/C17H24N2O2/c1-2-21-16-13(7-5-8-14(16)18)17(20)19-11-10-12-6-3-4-9-15(12)19/h5,7-8,12,15H,2-4,6,9-11,18H2,1H3. The molecule has 21 heavy (non-hydrogen) atoms. The van der Waals surface area contributed by atoms with Gasteiger partial charge in [0.1, 0.15) is 0 Å². The van der Waals surface area contributed by atoms with E-state index < -0.39 is 0 Å². The molecule has 2 unspecified atom stereocenters. The first-order chi connectivity index (χ1) is 10.2. The van der Waals surface area contributed by atoms with E-state index in [2.05, 4.69) is 4.90 Å². The number of anilines is 1. The van der Waals surface area contributed by atoms with Crippen molar-refractivity contribution in [3.8, 4) is 5.75 Å². The Morgan fingerprint density at radius 1 is 1.33 bits per heavy atom. The third-order valence-corrected chi connectivity index (χ3v) is 4.84. The molecule has 1 aliphatic carbocycles. The fourth-order valence-electron chi connectivity index (χ4n) is 3.84. The summed E-state index contributed by atoms with van der Waals surface area (Å²) < 4.78 is 5.61. The van der Waals surface area contributed by atoms with Crippen LogP contribution in [0.1, 0.15) is 49.4 Å². The number of nitrogens with zero attached hydrogens (tertiary/aromatic N) is 1. The summed E-state index contributed by atoms with van der Waals surface area (Å²) in [6.07, 6.45) is 6.10. The van der Waals surface area contributed by atoms with Gasteiger partial charge in [-0.1, -0.05) is 18.9 Å². The van der Waals surface area contributed by atoms with Crippen LogP contribution in [0.4, 0.5) is 5.69 Å². The number of hydrogen-bond acceptors (Lipinski definition) is 3. The number of carbonyl (C=O) groups is 1. The van der Waals surface area contributed by atoms with E-state index in [9.17, 15) is 4.79 Å². The molecule has 4 heteroatoms. The van der Waals surface area contributed by atoms with Gasteiger partial charge in [0.05, 0.1) is 17.9 Å². The van der Waals surface area contributed by atoms with E-state index >= 15 is 0 Å². The minimum absolute atomic E-state index is 0.0835. The number of amides is 1. The normalized spacial score (nSPS) is 24.7. The quantitative estimate of drug-likeness (QED) is 0.870. The van der Waals surface area contributed by atoms with E-state index in [4.69, 9.17) is 10.5 Å². The smallest absolute Gasteiger partial charge is 0.257 e. The Kier molecular flexibility index (Phi) is 4.04. The second-order valence-electron chi connectivity index (χ2n) is 6.06. The monoisotopic (exact) mass is 288 g/mol. The van der Waals surface area contributed by atoms with Gasteiger partial charge >= 0.3 is 0 Å². The lowest BCUT2D eigenvalue weighted by molar-refractivity contribution is 0.0686. The summed E-state index contributed by atoms with van der Waals surface area (Å²) in [5.74, 6) is 1.32. The fourth-order valence-corrected chi connectivity index (χ4v) is 3.84. The van der Waals surface area contributed by atoms with Gasteiger partial charge < -0.3 is 15.4 Å². The first-order valence-corrected chi connectivity index (χ1v) is 8.04. The second kappa shape index (κ2) is 5.96. The van der Waals surface area contributed by atoms with Gasteiger partial charge in [-0.15, -0.1) is 0 Å². The van der Waals surface area contributed by atoms with Crippen LogP contribution in [0.2, 0.25) is 0 Å². The molecule has 0 aromatic heterocycles. The molecule has 1 saturated carbocycles. The molecule has 2 N–H and O–H groups in total. The summed E-state index contributed by atoms with van der Waals surface area (Å²) in [7, 11) is 0. The van der Waals surface area contributed by atoms with Crippen molar-refractivity contribution >= 4 is 11.6 Å². The van der Waals surface area contributed by atoms with Gasteiger partial charge in [0, 0.05) is 12.6 Å². The Bertz CT molecular complexity index is 530. The van der Waals surface area contributed by atoms with Crippen molar-refractivity contribution in [2.45, 2.75) is 45.1 Å². The number of nitrogen functional groups attached to an aromatic ring is 1. The Morgan fingerprint density at radius 3 is 2.95 bits per heavy atom. The molecule has 4 nitrogen and oxygen atoms in total. The number of likely N-dealkylation sites (tertiary alicyclic amines) is 1. The van der Waals surface area contributed by atoms with E-state index in [-0.39, 0.29) is 5.91 Å². The number of fused-ring (bicyclic) bond motifs is 1. The molecule has 2 aliphatic rings. The van der Waals surface area contributed by atoms with Gasteiger partial charge in [-0.2, -0.15) is 0 Å². The van der Waals surface area contributed by atoms with Crippen molar-refractivity contribution in [1.29, 1.82) is 0 Å². The van der Waals surface area contributed by atoms with Crippen LogP contribution in [-0.4, -0.2) is 30.0 Å². The number of ether oxygens (including phenoxy) is 1. The minimum atomic E-state index is 0.0835. The fraction of sp³-hybridized carbons (Fsp3) is 0.588. The van der Waals surface area contributed by atoms with Gasteiger partial charge in [-0.05, 0) is 44.2 Å².